The molecule has 0 aliphatic rings. The van der Waals surface area contributed by atoms with Crippen molar-refractivity contribution in [2.75, 3.05) is 0 Å². The van der Waals surface area contributed by atoms with Crippen LogP contribution >= 0.6 is 0 Å². The summed E-state index contributed by atoms with van der Waals surface area (Å²) in [5, 5.41) is 10.3. The topological polar surface area (TPSA) is 85.2 Å². The van der Waals surface area contributed by atoms with E-state index in [4.69, 9.17) is 0 Å². The highest BCUT2D eigenvalue weighted by atomic mass is 19.4. The number of aromatic nitrogens is 1. The molecule has 0 aliphatic heterocycles. The van der Waals surface area contributed by atoms with Gasteiger partial charge in [0.15, 0.2) is 0 Å². The highest BCUT2D eigenvalue weighted by Crippen LogP contribution is 2.23. The van der Waals surface area contributed by atoms with Gasteiger partial charge in [0, 0.05) is 0 Å². The van der Waals surface area contributed by atoms with Crippen LogP contribution in [0.15, 0.2) is 11.0 Å². The Hall–Kier alpha value is -2.06. The Morgan fingerprint density at radius 3 is 2.50 bits per heavy atom. The van der Waals surface area contributed by atoms with E-state index in [1.807, 2.05) is 0 Å². The molecule has 0 atom stereocenters. The van der Waals surface area contributed by atoms with Crippen LogP contribution in [0, 0.1) is 17.0 Å². The SMILES string of the molecule is Cc1[nH]cc([N+](=O)[O-])c(=O)c1OC(F)(F)F. The van der Waals surface area contributed by atoms with E-state index in [1.54, 1.807) is 0 Å². The number of aryl methyl sites for hydroxylation is 1. The number of nitrogens with zero attached hydrogens (tertiary/aromatic N) is 1. The molecule has 0 amide bonds. The van der Waals surface area contributed by atoms with Crippen molar-refractivity contribution < 1.29 is 22.8 Å². The first-order valence-electron chi connectivity index (χ1n) is 3.85. The number of nitro groups is 1. The van der Waals surface area contributed by atoms with Gasteiger partial charge >= 0.3 is 17.5 Å². The van der Waals surface area contributed by atoms with E-state index < -0.39 is 28.2 Å². The molecule has 1 aromatic rings. The molecule has 0 saturated carbocycles. The van der Waals surface area contributed by atoms with Crippen LogP contribution in [0.5, 0.6) is 5.75 Å². The zero-order valence-electron chi connectivity index (χ0n) is 7.79. The Kier molecular flexibility index (Phi) is 2.88. The van der Waals surface area contributed by atoms with Crippen LogP contribution < -0.4 is 10.2 Å². The van der Waals surface area contributed by atoms with Crippen molar-refractivity contribution in [3.8, 4) is 5.75 Å². The number of pyridine rings is 1. The first kappa shape index (κ1) is 12.0. The van der Waals surface area contributed by atoms with Crippen molar-refractivity contribution in [2.45, 2.75) is 13.3 Å². The number of hydrogen-bond donors (Lipinski definition) is 1. The molecule has 1 rings (SSSR count). The van der Waals surface area contributed by atoms with Crippen molar-refractivity contribution in [3.63, 3.8) is 0 Å². The minimum Gasteiger partial charge on any atom is -0.399 e. The molecule has 1 N–H and O–H groups in total. The molecule has 1 heterocycles. The Bertz CT molecular complexity index is 480. The summed E-state index contributed by atoms with van der Waals surface area (Å²) in [7, 11) is 0. The molecular formula is C7H5F3N2O4. The summed E-state index contributed by atoms with van der Waals surface area (Å²) in [6, 6.07) is 0. The fourth-order valence-electron chi connectivity index (χ4n) is 0.969. The molecule has 6 nitrogen and oxygen atoms in total. The van der Waals surface area contributed by atoms with Crippen molar-refractivity contribution in [1.82, 2.24) is 4.98 Å². The van der Waals surface area contributed by atoms with Crippen LogP contribution in [0.3, 0.4) is 0 Å². The second-order valence-corrected chi connectivity index (χ2v) is 2.76. The largest absolute Gasteiger partial charge is 0.573 e. The van der Waals surface area contributed by atoms with Gasteiger partial charge in [-0.2, -0.15) is 0 Å². The first-order valence-corrected chi connectivity index (χ1v) is 3.85. The fourth-order valence-corrected chi connectivity index (χ4v) is 0.969. The summed E-state index contributed by atoms with van der Waals surface area (Å²) in [5.41, 5.74) is -2.67. The van der Waals surface area contributed by atoms with Gasteiger partial charge in [0.1, 0.15) is 0 Å². The van der Waals surface area contributed by atoms with E-state index in [-0.39, 0.29) is 5.69 Å². The minimum atomic E-state index is -5.08. The van der Waals surface area contributed by atoms with Crippen LogP contribution in [-0.4, -0.2) is 16.3 Å². The van der Waals surface area contributed by atoms with E-state index in [1.165, 1.54) is 0 Å². The number of alkyl halides is 3. The van der Waals surface area contributed by atoms with Crippen LogP contribution in [0.4, 0.5) is 18.9 Å². The number of nitrogens with one attached hydrogen (secondary N) is 1. The molecule has 0 unspecified atom stereocenters. The average Bonchev–Trinajstić information content (AvgIpc) is 2.10. The van der Waals surface area contributed by atoms with Crippen molar-refractivity contribution in [3.05, 3.63) is 32.2 Å². The van der Waals surface area contributed by atoms with Gasteiger partial charge in [-0.05, 0) is 6.92 Å². The van der Waals surface area contributed by atoms with Gasteiger partial charge < -0.3 is 9.72 Å². The summed E-state index contributed by atoms with van der Waals surface area (Å²) >= 11 is 0. The van der Waals surface area contributed by atoms with E-state index >= 15 is 0 Å². The maximum absolute atomic E-state index is 11.9. The Labute approximate surface area is 85.8 Å². The molecule has 0 saturated heterocycles. The normalized spacial score (nSPS) is 11.2. The van der Waals surface area contributed by atoms with Gasteiger partial charge in [-0.3, -0.25) is 14.9 Å². The Balaban J connectivity index is 3.33. The number of aromatic amines is 1. The van der Waals surface area contributed by atoms with Gasteiger partial charge in [-0.15, -0.1) is 13.2 Å². The van der Waals surface area contributed by atoms with Gasteiger partial charge in [0.25, 0.3) is 0 Å². The van der Waals surface area contributed by atoms with Crippen LogP contribution in [0.1, 0.15) is 5.69 Å². The lowest BCUT2D eigenvalue weighted by Crippen LogP contribution is -2.24. The average molecular weight is 238 g/mol. The third-order valence-electron chi connectivity index (χ3n) is 1.62. The predicted octanol–water partition coefficient (Wildman–Crippen LogP) is 1.49. The van der Waals surface area contributed by atoms with Crippen LogP contribution in [-0.2, 0) is 0 Å². The number of rotatable bonds is 2. The lowest BCUT2D eigenvalue weighted by Gasteiger charge is -2.09. The third-order valence-corrected chi connectivity index (χ3v) is 1.62. The molecular weight excluding hydrogens is 233 g/mol. The minimum absolute atomic E-state index is 0.243. The monoisotopic (exact) mass is 238 g/mol. The molecule has 1 aromatic heterocycles. The number of H-pyrrole nitrogens is 1. The van der Waals surface area contributed by atoms with Crippen molar-refractivity contribution in [1.29, 1.82) is 0 Å². The first-order chi connectivity index (χ1) is 7.22. The number of hydrogen-bond acceptors (Lipinski definition) is 4. The van der Waals surface area contributed by atoms with Gasteiger partial charge in [-0.25, -0.2) is 0 Å². The summed E-state index contributed by atoms with van der Waals surface area (Å²) in [5.74, 6) is -1.12. The highest BCUT2D eigenvalue weighted by molar-refractivity contribution is 5.38. The van der Waals surface area contributed by atoms with Crippen molar-refractivity contribution in [2.24, 2.45) is 0 Å². The summed E-state index contributed by atoms with van der Waals surface area (Å²) < 4.78 is 39.1. The predicted molar refractivity (Wildman–Crippen MR) is 45.1 cm³/mol. The molecule has 0 spiro atoms. The second-order valence-electron chi connectivity index (χ2n) is 2.76. The molecule has 88 valence electrons. The van der Waals surface area contributed by atoms with Gasteiger partial charge in [-0.1, -0.05) is 0 Å². The molecule has 9 heteroatoms. The number of halogens is 3. The van der Waals surface area contributed by atoms with Gasteiger partial charge in [0.2, 0.25) is 5.75 Å². The maximum Gasteiger partial charge on any atom is 0.573 e. The summed E-state index contributed by atoms with van der Waals surface area (Å²) in [6.45, 7) is 1.13. The Morgan fingerprint density at radius 2 is 2.06 bits per heavy atom. The third kappa shape index (κ3) is 2.49. The second kappa shape index (κ2) is 3.83. The van der Waals surface area contributed by atoms with E-state index in [0.29, 0.717) is 6.20 Å². The molecule has 16 heavy (non-hydrogen) atoms. The lowest BCUT2D eigenvalue weighted by molar-refractivity contribution is -0.386. The maximum atomic E-state index is 11.9. The molecule has 0 bridgehead atoms. The summed E-state index contributed by atoms with van der Waals surface area (Å²) in [6.07, 6.45) is -4.37. The fraction of sp³-hybridized carbons (Fsp3) is 0.286. The Morgan fingerprint density at radius 1 is 1.50 bits per heavy atom. The summed E-state index contributed by atoms with van der Waals surface area (Å²) in [4.78, 5) is 22.6. The van der Waals surface area contributed by atoms with Crippen molar-refractivity contribution >= 4 is 5.69 Å². The van der Waals surface area contributed by atoms with E-state index in [2.05, 4.69) is 9.72 Å². The van der Waals surface area contributed by atoms with E-state index in [0.717, 1.165) is 6.92 Å². The zero-order chi connectivity index (χ0) is 12.5. The molecule has 0 radical (unpaired) electrons. The molecule has 0 aromatic carbocycles. The van der Waals surface area contributed by atoms with E-state index in [9.17, 15) is 28.1 Å². The van der Waals surface area contributed by atoms with Crippen LogP contribution in [0.25, 0.3) is 0 Å². The zero-order valence-corrected chi connectivity index (χ0v) is 7.79. The lowest BCUT2D eigenvalue weighted by atomic mass is 10.3. The van der Waals surface area contributed by atoms with Crippen LogP contribution in [0.2, 0.25) is 0 Å². The quantitative estimate of drug-likeness (QED) is 0.624. The molecule has 0 fully saturated rings. The van der Waals surface area contributed by atoms with Gasteiger partial charge in [0.05, 0.1) is 16.8 Å². The smallest absolute Gasteiger partial charge is 0.399 e. The molecule has 0 aliphatic carbocycles. The highest BCUT2D eigenvalue weighted by Gasteiger charge is 2.34. The number of ether oxygens (including phenoxy) is 1. The standard InChI is InChI=1S/C7H5F3N2O4/c1-3-6(16-7(8,9)10)5(13)4(2-11-3)12(14)15/h2H,1H3,(H,11,13).